The fourth-order valence-corrected chi connectivity index (χ4v) is 2.82. The summed E-state index contributed by atoms with van der Waals surface area (Å²) in [5, 5.41) is 2.88. The van der Waals surface area contributed by atoms with E-state index in [0.29, 0.717) is 34.9 Å². The maximum atomic E-state index is 13.2. The first-order valence-electron chi connectivity index (χ1n) is 7.57. The van der Waals surface area contributed by atoms with Crippen LogP contribution in [0.4, 0.5) is 4.39 Å². The predicted molar refractivity (Wildman–Crippen MR) is 89.7 cm³/mol. The number of aromatic nitrogens is 1. The molecule has 126 valence electrons. The van der Waals surface area contributed by atoms with Crippen molar-refractivity contribution in [2.75, 3.05) is 19.8 Å². The zero-order valence-corrected chi connectivity index (χ0v) is 14.4. The lowest BCUT2D eigenvalue weighted by atomic mass is 10.1. The Bertz CT molecular complexity index is 736. The number of benzene rings is 1. The molecule has 1 aliphatic heterocycles. The van der Waals surface area contributed by atoms with Crippen molar-refractivity contribution in [1.82, 2.24) is 10.3 Å². The van der Waals surface area contributed by atoms with Crippen LogP contribution in [0.15, 0.2) is 41.0 Å². The normalized spacial score (nSPS) is 16.8. The Morgan fingerprint density at radius 1 is 1.46 bits per heavy atom. The highest BCUT2D eigenvalue weighted by atomic mass is 79.9. The molecule has 2 heterocycles. The van der Waals surface area contributed by atoms with Crippen molar-refractivity contribution in [2.45, 2.75) is 6.42 Å². The Balaban J connectivity index is 1.73. The van der Waals surface area contributed by atoms with Crippen LogP contribution in [0.25, 0.3) is 0 Å². The van der Waals surface area contributed by atoms with E-state index in [0.717, 1.165) is 13.0 Å². The second-order valence-corrected chi connectivity index (χ2v) is 6.33. The van der Waals surface area contributed by atoms with Crippen LogP contribution in [0.1, 0.15) is 16.8 Å². The van der Waals surface area contributed by atoms with Crippen molar-refractivity contribution < 1.29 is 18.7 Å². The smallest absolute Gasteiger partial charge is 0.256 e. The van der Waals surface area contributed by atoms with Crippen molar-refractivity contribution in [3.8, 4) is 11.6 Å². The molecule has 0 unspecified atom stereocenters. The molecule has 1 fully saturated rings. The van der Waals surface area contributed by atoms with Gasteiger partial charge in [-0.1, -0.05) is 0 Å². The van der Waals surface area contributed by atoms with E-state index < -0.39 is 0 Å². The molecular formula is C17H16BrFN2O3. The molecule has 7 heteroatoms. The van der Waals surface area contributed by atoms with Crippen LogP contribution in [0.2, 0.25) is 0 Å². The lowest BCUT2D eigenvalue weighted by Crippen LogP contribution is -2.29. The summed E-state index contributed by atoms with van der Waals surface area (Å²) < 4.78 is 24.6. The standard InChI is InChI=1S/C17H16BrFN2O3/c18-14-8-12(19)3-4-15(14)24-17-13(2-1-6-20-17)16(22)21-9-11-5-7-23-10-11/h1-4,6,8,11H,5,7,9-10H2,(H,21,22)/t11-/m0/s1. The van der Waals surface area contributed by atoms with E-state index in [1.807, 2.05) is 0 Å². The molecule has 2 aromatic rings. The Hall–Kier alpha value is -1.99. The van der Waals surface area contributed by atoms with E-state index in [4.69, 9.17) is 9.47 Å². The summed E-state index contributed by atoms with van der Waals surface area (Å²) in [5.74, 6) is 0.245. The molecule has 1 aliphatic rings. The van der Waals surface area contributed by atoms with Gasteiger partial charge >= 0.3 is 0 Å². The molecule has 1 aromatic heterocycles. The number of hydrogen-bond acceptors (Lipinski definition) is 4. The van der Waals surface area contributed by atoms with E-state index in [1.165, 1.54) is 24.4 Å². The maximum absolute atomic E-state index is 13.2. The first-order chi connectivity index (χ1) is 11.6. The Morgan fingerprint density at radius 3 is 3.08 bits per heavy atom. The lowest BCUT2D eigenvalue weighted by Gasteiger charge is -2.13. The molecular weight excluding hydrogens is 379 g/mol. The molecule has 1 saturated heterocycles. The van der Waals surface area contributed by atoms with Gasteiger partial charge in [-0.2, -0.15) is 0 Å². The van der Waals surface area contributed by atoms with Crippen molar-refractivity contribution in [3.05, 3.63) is 52.4 Å². The minimum atomic E-state index is -0.382. The van der Waals surface area contributed by atoms with Gasteiger partial charge in [0.25, 0.3) is 5.91 Å². The summed E-state index contributed by atoms with van der Waals surface area (Å²) in [7, 11) is 0. The summed E-state index contributed by atoms with van der Waals surface area (Å²) in [5.41, 5.74) is 0.327. The lowest BCUT2D eigenvalue weighted by molar-refractivity contribution is 0.0942. The summed E-state index contributed by atoms with van der Waals surface area (Å²) >= 11 is 3.23. The van der Waals surface area contributed by atoms with E-state index >= 15 is 0 Å². The molecule has 24 heavy (non-hydrogen) atoms. The average Bonchev–Trinajstić information content (AvgIpc) is 3.09. The molecule has 1 amide bonds. The molecule has 1 aromatic carbocycles. The number of carbonyl (C=O) groups excluding carboxylic acids is 1. The molecule has 1 N–H and O–H groups in total. The zero-order valence-electron chi connectivity index (χ0n) is 12.8. The second kappa shape index (κ2) is 7.72. The topological polar surface area (TPSA) is 60.5 Å². The number of nitrogens with zero attached hydrogens (tertiary/aromatic N) is 1. The first-order valence-corrected chi connectivity index (χ1v) is 8.36. The Kier molecular flexibility index (Phi) is 5.42. The Morgan fingerprint density at radius 2 is 2.33 bits per heavy atom. The van der Waals surface area contributed by atoms with Crippen LogP contribution in [-0.4, -0.2) is 30.6 Å². The van der Waals surface area contributed by atoms with Crippen molar-refractivity contribution in [1.29, 1.82) is 0 Å². The van der Waals surface area contributed by atoms with E-state index in [-0.39, 0.29) is 17.6 Å². The number of halogens is 2. The number of amides is 1. The third kappa shape index (κ3) is 4.10. The SMILES string of the molecule is O=C(NC[C@@H]1CCOC1)c1cccnc1Oc1ccc(F)cc1Br. The van der Waals surface area contributed by atoms with Gasteiger partial charge in [-0.15, -0.1) is 0 Å². The first kappa shape index (κ1) is 16.9. The van der Waals surface area contributed by atoms with Gasteiger partial charge in [0.05, 0.1) is 11.1 Å². The minimum absolute atomic E-state index is 0.171. The molecule has 5 nitrogen and oxygen atoms in total. The molecule has 0 aliphatic carbocycles. The van der Waals surface area contributed by atoms with Crippen molar-refractivity contribution in [2.24, 2.45) is 5.92 Å². The fraction of sp³-hybridized carbons (Fsp3) is 0.294. The monoisotopic (exact) mass is 394 g/mol. The van der Waals surface area contributed by atoms with Gasteiger partial charge in [0.15, 0.2) is 0 Å². The van der Waals surface area contributed by atoms with Crippen LogP contribution in [-0.2, 0) is 4.74 Å². The van der Waals surface area contributed by atoms with E-state index in [1.54, 1.807) is 12.1 Å². The largest absolute Gasteiger partial charge is 0.437 e. The quantitative estimate of drug-likeness (QED) is 0.842. The van der Waals surface area contributed by atoms with Crippen LogP contribution < -0.4 is 10.1 Å². The van der Waals surface area contributed by atoms with Gasteiger partial charge in [0, 0.05) is 25.3 Å². The van der Waals surface area contributed by atoms with Crippen molar-refractivity contribution >= 4 is 21.8 Å². The van der Waals surface area contributed by atoms with E-state index in [2.05, 4.69) is 26.2 Å². The molecule has 0 radical (unpaired) electrons. The summed E-state index contributed by atoms with van der Waals surface area (Å²) in [4.78, 5) is 16.5. The van der Waals surface area contributed by atoms with Crippen LogP contribution in [0.5, 0.6) is 11.6 Å². The number of ether oxygens (including phenoxy) is 2. The molecule has 0 bridgehead atoms. The third-order valence-electron chi connectivity index (χ3n) is 3.69. The number of carbonyl (C=O) groups is 1. The predicted octanol–water partition coefficient (Wildman–Crippen LogP) is 3.54. The van der Waals surface area contributed by atoms with Gasteiger partial charge in [-0.05, 0) is 52.7 Å². The Labute approximate surface area is 147 Å². The van der Waals surface area contributed by atoms with Gasteiger partial charge in [0.2, 0.25) is 5.88 Å². The third-order valence-corrected chi connectivity index (χ3v) is 4.31. The highest BCUT2D eigenvalue weighted by Gasteiger charge is 2.19. The van der Waals surface area contributed by atoms with Crippen molar-refractivity contribution in [3.63, 3.8) is 0 Å². The highest BCUT2D eigenvalue weighted by Crippen LogP contribution is 2.30. The van der Waals surface area contributed by atoms with Crippen LogP contribution in [0, 0.1) is 11.7 Å². The van der Waals surface area contributed by atoms with Gasteiger partial charge in [0.1, 0.15) is 17.1 Å². The van der Waals surface area contributed by atoms with E-state index in [9.17, 15) is 9.18 Å². The number of hydrogen-bond donors (Lipinski definition) is 1. The molecule has 3 rings (SSSR count). The number of pyridine rings is 1. The summed E-state index contributed by atoms with van der Waals surface area (Å²) in [6, 6.07) is 7.35. The van der Waals surface area contributed by atoms with Gasteiger partial charge in [-0.25, -0.2) is 9.37 Å². The minimum Gasteiger partial charge on any atom is -0.437 e. The molecule has 0 saturated carbocycles. The van der Waals surface area contributed by atoms with Crippen LogP contribution >= 0.6 is 15.9 Å². The summed E-state index contributed by atoms with van der Waals surface area (Å²) in [6.07, 6.45) is 2.48. The fourth-order valence-electron chi connectivity index (χ4n) is 2.38. The average molecular weight is 395 g/mol. The second-order valence-electron chi connectivity index (χ2n) is 5.47. The molecule has 1 atom stereocenters. The number of nitrogens with one attached hydrogen (secondary N) is 1. The number of rotatable bonds is 5. The van der Waals surface area contributed by atoms with Crippen LogP contribution in [0.3, 0.4) is 0 Å². The summed E-state index contributed by atoms with van der Waals surface area (Å²) in [6.45, 7) is 1.95. The molecule has 0 spiro atoms. The highest BCUT2D eigenvalue weighted by molar-refractivity contribution is 9.10. The van der Waals surface area contributed by atoms with Gasteiger partial charge < -0.3 is 14.8 Å². The maximum Gasteiger partial charge on any atom is 0.256 e. The zero-order chi connectivity index (χ0) is 16.9. The van der Waals surface area contributed by atoms with Gasteiger partial charge in [-0.3, -0.25) is 4.79 Å².